The van der Waals surface area contributed by atoms with Crippen molar-refractivity contribution in [2.45, 2.75) is 31.2 Å². The van der Waals surface area contributed by atoms with Crippen molar-refractivity contribution in [3.8, 4) is 0 Å². The summed E-state index contributed by atoms with van der Waals surface area (Å²) in [6.07, 6.45) is 3.73. The van der Waals surface area contributed by atoms with Crippen molar-refractivity contribution in [3.05, 3.63) is 70.2 Å². The molecule has 24 heavy (non-hydrogen) atoms. The molecule has 0 aliphatic heterocycles. The summed E-state index contributed by atoms with van der Waals surface area (Å²) in [5.74, 6) is 2.49. The summed E-state index contributed by atoms with van der Waals surface area (Å²) in [6.45, 7) is 0. The number of hydrogen-bond donors (Lipinski definition) is 1. The van der Waals surface area contributed by atoms with Gasteiger partial charge < -0.3 is 5.32 Å². The van der Waals surface area contributed by atoms with E-state index < -0.39 is 0 Å². The minimum absolute atomic E-state index is 0.556. The molecule has 0 saturated heterocycles. The molecule has 2 aliphatic carbocycles. The van der Waals surface area contributed by atoms with E-state index in [1.165, 1.54) is 24.6 Å². The van der Waals surface area contributed by atoms with Crippen molar-refractivity contribution in [2.24, 2.45) is 5.92 Å². The summed E-state index contributed by atoms with van der Waals surface area (Å²) >= 11 is 3.60. The van der Waals surface area contributed by atoms with Crippen LogP contribution >= 0.6 is 15.9 Å². The van der Waals surface area contributed by atoms with Gasteiger partial charge in [-0.3, -0.25) is 0 Å². The molecule has 1 N–H and O–H groups in total. The molecule has 0 radical (unpaired) electrons. The van der Waals surface area contributed by atoms with Crippen LogP contribution in [0.25, 0.3) is 10.9 Å². The van der Waals surface area contributed by atoms with Crippen molar-refractivity contribution in [3.63, 3.8) is 0 Å². The van der Waals surface area contributed by atoms with Gasteiger partial charge in [-0.1, -0.05) is 46.3 Å². The van der Waals surface area contributed by atoms with Crippen LogP contribution in [0.3, 0.4) is 0 Å². The normalized spacial score (nSPS) is 24.8. The number of aryl methyl sites for hydroxylation is 1. The zero-order valence-electron chi connectivity index (χ0n) is 13.4. The summed E-state index contributed by atoms with van der Waals surface area (Å²) in [5, 5.41) is 4.86. The van der Waals surface area contributed by atoms with Crippen LogP contribution in [0.5, 0.6) is 0 Å². The average Bonchev–Trinajstić information content (AvgIpc) is 2.59. The molecule has 120 valence electrons. The Morgan fingerprint density at radius 1 is 1.00 bits per heavy atom. The molecular weight excluding hydrogens is 360 g/mol. The van der Waals surface area contributed by atoms with E-state index in [0.717, 1.165) is 27.6 Å². The highest BCUT2D eigenvalue weighted by Crippen LogP contribution is 2.50. The first kappa shape index (κ1) is 14.5. The molecule has 3 atom stereocenters. The van der Waals surface area contributed by atoms with Crippen LogP contribution in [0.15, 0.2) is 59.1 Å². The average molecular weight is 379 g/mol. The first-order chi connectivity index (χ1) is 11.8. The quantitative estimate of drug-likeness (QED) is 0.634. The molecule has 0 spiro atoms. The highest BCUT2D eigenvalue weighted by atomic mass is 79.9. The van der Waals surface area contributed by atoms with Crippen LogP contribution in [-0.2, 0) is 6.42 Å². The molecule has 3 unspecified atom stereocenters. The second-order valence-electron chi connectivity index (χ2n) is 7.00. The second kappa shape index (κ2) is 5.59. The van der Waals surface area contributed by atoms with Crippen LogP contribution in [-0.4, -0.2) is 11.0 Å². The molecule has 1 aromatic heterocycles. The lowest BCUT2D eigenvalue weighted by atomic mass is 9.60. The van der Waals surface area contributed by atoms with Gasteiger partial charge in [0, 0.05) is 15.9 Å². The maximum Gasteiger partial charge on any atom is 0.126 e. The minimum atomic E-state index is 0.556. The topological polar surface area (TPSA) is 24.9 Å². The summed E-state index contributed by atoms with van der Waals surface area (Å²) in [5.41, 5.74) is 4.19. The number of nitrogens with one attached hydrogen (secondary N) is 1. The number of halogens is 1. The number of rotatable bonds is 2. The molecule has 2 aromatic carbocycles. The number of anilines is 1. The lowest BCUT2D eigenvalue weighted by Gasteiger charge is -2.49. The van der Waals surface area contributed by atoms with E-state index in [2.05, 4.69) is 69.8 Å². The molecule has 2 nitrogen and oxygen atoms in total. The van der Waals surface area contributed by atoms with E-state index in [9.17, 15) is 0 Å². The molecule has 2 aliphatic rings. The largest absolute Gasteiger partial charge is 0.367 e. The van der Waals surface area contributed by atoms with Crippen LogP contribution in [0.1, 0.15) is 29.9 Å². The van der Waals surface area contributed by atoms with Crippen molar-refractivity contribution < 1.29 is 0 Å². The predicted molar refractivity (Wildman–Crippen MR) is 102 cm³/mol. The first-order valence-electron chi connectivity index (χ1n) is 8.69. The Labute approximate surface area is 150 Å². The minimum Gasteiger partial charge on any atom is -0.367 e. The van der Waals surface area contributed by atoms with Gasteiger partial charge in [0.1, 0.15) is 5.82 Å². The standard InChI is InChI=1S/C21H19BrN2/c22-18-6-3-7-19-16(18)10-11-21(23-19)24-20-12-17-14-5-2-1-4-13(14)8-9-15(17)20/h1-7,10-11,15,17,20H,8-9,12H2,(H,23,24). The van der Waals surface area contributed by atoms with Crippen LogP contribution in [0.4, 0.5) is 5.82 Å². The summed E-state index contributed by atoms with van der Waals surface area (Å²) < 4.78 is 1.10. The Kier molecular flexibility index (Phi) is 3.37. The third-order valence-electron chi connectivity index (χ3n) is 5.76. The highest BCUT2D eigenvalue weighted by molar-refractivity contribution is 9.10. The van der Waals surface area contributed by atoms with Gasteiger partial charge >= 0.3 is 0 Å². The number of hydrogen-bond acceptors (Lipinski definition) is 2. The Balaban J connectivity index is 1.37. The zero-order valence-corrected chi connectivity index (χ0v) is 15.0. The van der Waals surface area contributed by atoms with Gasteiger partial charge in [-0.25, -0.2) is 4.98 Å². The molecule has 1 fully saturated rings. The van der Waals surface area contributed by atoms with E-state index in [1.54, 1.807) is 11.1 Å². The van der Waals surface area contributed by atoms with Crippen LogP contribution < -0.4 is 5.32 Å². The lowest BCUT2D eigenvalue weighted by Crippen LogP contribution is -2.47. The van der Waals surface area contributed by atoms with Gasteiger partial charge in [0.25, 0.3) is 0 Å². The highest BCUT2D eigenvalue weighted by Gasteiger charge is 2.44. The molecular formula is C21H19BrN2. The van der Waals surface area contributed by atoms with E-state index in [-0.39, 0.29) is 0 Å². The monoisotopic (exact) mass is 378 g/mol. The maximum absolute atomic E-state index is 4.80. The van der Waals surface area contributed by atoms with Gasteiger partial charge in [0.05, 0.1) is 5.52 Å². The van der Waals surface area contributed by atoms with Crippen molar-refractivity contribution in [1.29, 1.82) is 0 Å². The fraction of sp³-hybridized carbons (Fsp3) is 0.286. The zero-order chi connectivity index (χ0) is 16.1. The molecule has 3 heteroatoms. The Morgan fingerprint density at radius 2 is 1.92 bits per heavy atom. The molecule has 1 saturated carbocycles. The first-order valence-corrected chi connectivity index (χ1v) is 9.48. The summed E-state index contributed by atoms with van der Waals surface area (Å²) in [7, 11) is 0. The van der Waals surface area contributed by atoms with Gasteiger partial charge in [0.2, 0.25) is 0 Å². The lowest BCUT2D eigenvalue weighted by molar-refractivity contribution is 0.194. The molecule has 1 heterocycles. The Bertz CT molecular complexity index is 921. The summed E-state index contributed by atoms with van der Waals surface area (Å²) in [6, 6.07) is 20.0. The van der Waals surface area contributed by atoms with Gasteiger partial charge in [0.15, 0.2) is 0 Å². The second-order valence-corrected chi connectivity index (χ2v) is 7.85. The van der Waals surface area contributed by atoms with Crippen molar-refractivity contribution in [1.82, 2.24) is 4.98 Å². The van der Waals surface area contributed by atoms with Gasteiger partial charge in [-0.15, -0.1) is 0 Å². The summed E-state index contributed by atoms with van der Waals surface area (Å²) in [4.78, 5) is 4.80. The number of fused-ring (bicyclic) bond motifs is 4. The van der Waals surface area contributed by atoms with E-state index >= 15 is 0 Å². The Hall–Kier alpha value is -1.87. The van der Waals surface area contributed by atoms with E-state index in [1.807, 2.05) is 6.07 Å². The fourth-order valence-electron chi connectivity index (χ4n) is 4.47. The predicted octanol–water partition coefficient (Wildman–Crippen LogP) is 5.53. The molecule has 5 rings (SSSR count). The van der Waals surface area contributed by atoms with Gasteiger partial charge in [-0.05, 0) is 66.5 Å². The van der Waals surface area contributed by atoms with Crippen molar-refractivity contribution in [2.75, 3.05) is 5.32 Å². The number of aromatic nitrogens is 1. The third-order valence-corrected chi connectivity index (χ3v) is 6.45. The molecule has 0 amide bonds. The maximum atomic E-state index is 4.80. The van der Waals surface area contributed by atoms with Crippen molar-refractivity contribution >= 4 is 32.7 Å². The number of nitrogens with zero attached hydrogens (tertiary/aromatic N) is 1. The van der Waals surface area contributed by atoms with Gasteiger partial charge in [-0.2, -0.15) is 0 Å². The number of benzene rings is 2. The fourth-order valence-corrected chi connectivity index (χ4v) is 4.96. The third kappa shape index (κ3) is 2.26. The van der Waals surface area contributed by atoms with Crippen LogP contribution in [0, 0.1) is 5.92 Å². The van der Waals surface area contributed by atoms with Crippen LogP contribution in [0.2, 0.25) is 0 Å². The Morgan fingerprint density at radius 3 is 2.88 bits per heavy atom. The van der Waals surface area contributed by atoms with E-state index in [0.29, 0.717) is 6.04 Å². The SMILES string of the molecule is Brc1cccc2nc(NC3CC4c5ccccc5CCC34)ccc12. The smallest absolute Gasteiger partial charge is 0.126 e. The molecule has 0 bridgehead atoms. The molecule has 3 aromatic rings. The van der Waals surface area contributed by atoms with E-state index in [4.69, 9.17) is 4.98 Å². The number of pyridine rings is 1.